The lowest BCUT2D eigenvalue weighted by molar-refractivity contribution is -0.141. The summed E-state index contributed by atoms with van der Waals surface area (Å²) in [6.07, 6.45) is -2.69. The summed E-state index contributed by atoms with van der Waals surface area (Å²) in [7, 11) is 0. The van der Waals surface area contributed by atoms with Crippen LogP contribution in [0.1, 0.15) is 28.9 Å². The summed E-state index contributed by atoms with van der Waals surface area (Å²) >= 11 is 0. The van der Waals surface area contributed by atoms with Gasteiger partial charge in [0, 0.05) is 25.3 Å². The molecule has 2 aromatic rings. The van der Waals surface area contributed by atoms with Gasteiger partial charge in [-0.25, -0.2) is 9.69 Å². The number of piperidine rings is 1. The Morgan fingerprint density at radius 3 is 2.26 bits per heavy atom. The number of urea groups is 1. The van der Waals surface area contributed by atoms with Crippen LogP contribution in [0, 0.1) is 0 Å². The van der Waals surface area contributed by atoms with E-state index in [0.717, 1.165) is 23.2 Å². The molecule has 4 amide bonds. The lowest BCUT2D eigenvalue weighted by atomic mass is 10.0. The first kappa shape index (κ1) is 20.8. The van der Waals surface area contributed by atoms with Crippen LogP contribution in [0.15, 0.2) is 48.7 Å². The quantitative estimate of drug-likeness (QED) is 0.699. The highest BCUT2D eigenvalue weighted by Crippen LogP contribution is 2.28. The van der Waals surface area contributed by atoms with Crippen LogP contribution in [0.3, 0.4) is 0 Å². The summed E-state index contributed by atoms with van der Waals surface area (Å²) in [6.45, 7) is 0.636. The van der Waals surface area contributed by atoms with E-state index in [9.17, 15) is 27.6 Å². The standard InChI is InChI=1S/C21H19F3N4O3/c22-21(23,24)17-7-6-14(12-25-17)19(30)26-10-8-15(9-11-26)27-13-18(29)28(20(27)31)16-4-2-1-3-5-16/h1-7,12,15H,8-11,13H2. The molecule has 1 aromatic heterocycles. The molecule has 2 saturated heterocycles. The molecule has 4 rings (SSSR count). The molecule has 3 heterocycles. The topological polar surface area (TPSA) is 73.8 Å². The molecule has 2 aliphatic heterocycles. The Balaban J connectivity index is 1.38. The molecule has 0 bridgehead atoms. The zero-order chi connectivity index (χ0) is 22.2. The average molecular weight is 432 g/mol. The smallest absolute Gasteiger partial charge is 0.338 e. The molecule has 0 unspecified atom stereocenters. The Kier molecular flexibility index (Phi) is 5.38. The van der Waals surface area contributed by atoms with Crippen LogP contribution < -0.4 is 4.90 Å². The van der Waals surface area contributed by atoms with E-state index in [1.54, 1.807) is 30.3 Å². The van der Waals surface area contributed by atoms with Gasteiger partial charge in [0.1, 0.15) is 12.2 Å². The van der Waals surface area contributed by atoms with Crippen molar-refractivity contribution >= 4 is 23.5 Å². The summed E-state index contributed by atoms with van der Waals surface area (Å²) in [5, 5.41) is 0. The first-order valence-corrected chi connectivity index (χ1v) is 9.77. The van der Waals surface area contributed by atoms with E-state index in [0.29, 0.717) is 31.6 Å². The monoisotopic (exact) mass is 432 g/mol. The highest BCUT2D eigenvalue weighted by atomic mass is 19.4. The summed E-state index contributed by atoms with van der Waals surface area (Å²) in [4.78, 5) is 45.4. The van der Waals surface area contributed by atoms with Crippen LogP contribution in [-0.2, 0) is 11.0 Å². The highest BCUT2D eigenvalue weighted by Gasteiger charge is 2.42. The SMILES string of the molecule is O=C(c1ccc(C(F)(F)F)nc1)N1CCC(N2CC(=O)N(c3ccccc3)C2=O)CC1. The fourth-order valence-electron chi connectivity index (χ4n) is 3.89. The summed E-state index contributed by atoms with van der Waals surface area (Å²) < 4.78 is 37.9. The maximum absolute atomic E-state index is 12.8. The fourth-order valence-corrected chi connectivity index (χ4v) is 3.89. The van der Waals surface area contributed by atoms with Crippen molar-refractivity contribution in [2.45, 2.75) is 25.1 Å². The largest absolute Gasteiger partial charge is 0.433 e. The first-order valence-electron chi connectivity index (χ1n) is 9.77. The van der Waals surface area contributed by atoms with Crippen molar-refractivity contribution in [1.29, 1.82) is 0 Å². The number of carbonyl (C=O) groups is 3. The van der Waals surface area contributed by atoms with E-state index < -0.39 is 17.8 Å². The number of amides is 4. The molecule has 1 aromatic carbocycles. The molecule has 10 heteroatoms. The summed E-state index contributed by atoms with van der Waals surface area (Å²) in [5.74, 6) is -0.708. The lowest BCUT2D eigenvalue weighted by Gasteiger charge is -2.36. The van der Waals surface area contributed by atoms with E-state index >= 15 is 0 Å². The molecule has 162 valence electrons. The minimum Gasteiger partial charge on any atom is -0.338 e. The number of aromatic nitrogens is 1. The number of pyridine rings is 1. The molecule has 0 N–H and O–H groups in total. The van der Waals surface area contributed by atoms with E-state index in [1.807, 2.05) is 0 Å². The van der Waals surface area contributed by atoms with Gasteiger partial charge in [-0.2, -0.15) is 13.2 Å². The molecule has 0 radical (unpaired) electrons. The number of rotatable bonds is 3. The Bertz CT molecular complexity index is 987. The van der Waals surface area contributed by atoms with Gasteiger partial charge in [-0.05, 0) is 37.1 Å². The molecule has 0 atom stereocenters. The minimum atomic E-state index is -4.56. The number of halogens is 3. The number of carbonyl (C=O) groups excluding carboxylic acids is 3. The summed E-state index contributed by atoms with van der Waals surface area (Å²) in [5.41, 5.74) is -0.459. The second kappa shape index (κ2) is 8.01. The van der Waals surface area contributed by atoms with Gasteiger partial charge in [-0.3, -0.25) is 14.6 Å². The van der Waals surface area contributed by atoms with E-state index in [4.69, 9.17) is 0 Å². The predicted octanol–water partition coefficient (Wildman–Crippen LogP) is 3.17. The number of benzene rings is 1. The van der Waals surface area contributed by atoms with Crippen LogP contribution in [0.25, 0.3) is 0 Å². The van der Waals surface area contributed by atoms with Crippen molar-refractivity contribution in [3.63, 3.8) is 0 Å². The molecule has 2 aliphatic rings. The van der Waals surface area contributed by atoms with Gasteiger partial charge in [0.25, 0.3) is 11.8 Å². The Labute approximate surface area is 176 Å². The number of hydrogen-bond acceptors (Lipinski definition) is 4. The first-order chi connectivity index (χ1) is 14.8. The number of likely N-dealkylation sites (tertiary alicyclic amines) is 1. The van der Waals surface area contributed by atoms with E-state index in [-0.39, 0.29) is 30.1 Å². The minimum absolute atomic E-state index is 0.0187. The van der Waals surface area contributed by atoms with Gasteiger partial charge < -0.3 is 9.80 Å². The molecular weight excluding hydrogens is 413 g/mol. The van der Waals surface area contributed by atoms with Crippen LogP contribution in [0.5, 0.6) is 0 Å². The molecule has 7 nitrogen and oxygen atoms in total. The van der Waals surface area contributed by atoms with Crippen LogP contribution in [0.2, 0.25) is 0 Å². The molecule has 31 heavy (non-hydrogen) atoms. The van der Waals surface area contributed by atoms with Crippen molar-refractivity contribution < 1.29 is 27.6 Å². The number of nitrogens with zero attached hydrogens (tertiary/aromatic N) is 4. The van der Waals surface area contributed by atoms with Gasteiger partial charge in [0.05, 0.1) is 11.3 Å². The number of imide groups is 1. The van der Waals surface area contributed by atoms with E-state index in [2.05, 4.69) is 4.98 Å². The third kappa shape index (κ3) is 4.10. The van der Waals surface area contributed by atoms with Gasteiger partial charge in [0.2, 0.25) is 0 Å². The van der Waals surface area contributed by atoms with E-state index in [1.165, 1.54) is 9.80 Å². The molecule has 0 spiro atoms. The van der Waals surface area contributed by atoms with Crippen molar-refractivity contribution in [3.05, 3.63) is 59.9 Å². The van der Waals surface area contributed by atoms with Gasteiger partial charge in [0.15, 0.2) is 0 Å². The fraction of sp³-hybridized carbons (Fsp3) is 0.333. The van der Waals surface area contributed by atoms with Gasteiger partial charge in [-0.1, -0.05) is 18.2 Å². The van der Waals surface area contributed by atoms with Crippen molar-refractivity contribution in [3.8, 4) is 0 Å². The summed E-state index contributed by atoms with van der Waals surface area (Å²) in [6, 6.07) is 10.0. The zero-order valence-corrected chi connectivity index (χ0v) is 16.4. The van der Waals surface area contributed by atoms with Crippen molar-refractivity contribution in [2.75, 3.05) is 24.5 Å². The van der Waals surface area contributed by atoms with Gasteiger partial charge in [-0.15, -0.1) is 0 Å². The molecule has 2 fully saturated rings. The normalized spacial score (nSPS) is 18.1. The maximum atomic E-state index is 12.8. The predicted molar refractivity (Wildman–Crippen MR) is 104 cm³/mol. The number of anilines is 1. The number of alkyl halides is 3. The van der Waals surface area contributed by atoms with Crippen LogP contribution in [-0.4, -0.2) is 58.3 Å². The Morgan fingerprint density at radius 1 is 1.00 bits per heavy atom. The Hall–Kier alpha value is -3.43. The Morgan fingerprint density at radius 2 is 1.68 bits per heavy atom. The second-order valence-corrected chi connectivity index (χ2v) is 7.43. The van der Waals surface area contributed by atoms with Gasteiger partial charge >= 0.3 is 12.2 Å². The third-order valence-corrected chi connectivity index (χ3v) is 5.50. The van der Waals surface area contributed by atoms with Crippen LogP contribution in [0.4, 0.5) is 23.7 Å². The van der Waals surface area contributed by atoms with Crippen molar-refractivity contribution in [1.82, 2.24) is 14.8 Å². The third-order valence-electron chi connectivity index (χ3n) is 5.50. The average Bonchev–Trinajstić information content (AvgIpc) is 3.07. The second-order valence-electron chi connectivity index (χ2n) is 7.43. The highest BCUT2D eigenvalue weighted by molar-refractivity contribution is 6.19. The lowest BCUT2D eigenvalue weighted by Crippen LogP contribution is -2.48. The number of hydrogen-bond donors (Lipinski definition) is 0. The van der Waals surface area contributed by atoms with Crippen molar-refractivity contribution in [2.24, 2.45) is 0 Å². The molecule has 0 aliphatic carbocycles. The molecule has 0 saturated carbocycles. The number of para-hydroxylation sites is 1. The molecular formula is C21H19F3N4O3. The zero-order valence-electron chi connectivity index (χ0n) is 16.4. The van der Waals surface area contributed by atoms with Crippen LogP contribution >= 0.6 is 0 Å². The maximum Gasteiger partial charge on any atom is 0.433 e.